The molecule has 0 amide bonds. The highest BCUT2D eigenvalue weighted by atomic mass is 127. The summed E-state index contributed by atoms with van der Waals surface area (Å²) in [6.07, 6.45) is -4.42. The lowest BCUT2D eigenvalue weighted by Crippen LogP contribution is -2.28. The Bertz CT molecular complexity index is 354. The molecule has 1 unspecified atom stereocenters. The summed E-state index contributed by atoms with van der Waals surface area (Å²) in [6.45, 7) is 0. The highest BCUT2D eigenvalue weighted by Crippen LogP contribution is 2.32. The summed E-state index contributed by atoms with van der Waals surface area (Å²) < 4.78 is 42.4. The molecule has 84 valence electrons. The maximum atomic E-state index is 12.3. The zero-order valence-electron chi connectivity index (χ0n) is 7.81. The van der Waals surface area contributed by atoms with E-state index in [0.29, 0.717) is 9.32 Å². The van der Waals surface area contributed by atoms with E-state index in [4.69, 9.17) is 10.5 Å². The fourth-order valence-electron chi connectivity index (χ4n) is 1.07. The molecule has 6 heteroatoms. The monoisotopic (exact) mass is 331 g/mol. The SMILES string of the molecule is COc1ccc(C(N)C(F)(F)F)cc1I. The van der Waals surface area contributed by atoms with Crippen molar-refractivity contribution < 1.29 is 17.9 Å². The minimum atomic E-state index is -4.42. The lowest BCUT2D eigenvalue weighted by Gasteiger charge is -2.16. The van der Waals surface area contributed by atoms with Gasteiger partial charge in [0.15, 0.2) is 0 Å². The number of rotatable bonds is 2. The molecule has 1 rings (SSSR count). The molecule has 1 aromatic carbocycles. The van der Waals surface area contributed by atoms with Gasteiger partial charge in [-0.15, -0.1) is 0 Å². The molecule has 0 fully saturated rings. The second-order valence-electron chi connectivity index (χ2n) is 2.91. The lowest BCUT2D eigenvalue weighted by molar-refractivity contribution is -0.149. The Morgan fingerprint density at radius 3 is 2.40 bits per heavy atom. The first-order valence-electron chi connectivity index (χ1n) is 4.02. The van der Waals surface area contributed by atoms with Crippen molar-refractivity contribution in [3.63, 3.8) is 0 Å². The molecule has 0 heterocycles. The number of methoxy groups -OCH3 is 1. The first kappa shape index (κ1) is 12.6. The first-order chi connectivity index (χ1) is 6.86. The Morgan fingerprint density at radius 1 is 1.40 bits per heavy atom. The standard InChI is InChI=1S/C9H9F3INO/c1-15-7-3-2-5(4-6(7)13)8(14)9(10,11)12/h2-4,8H,14H2,1H3. The van der Waals surface area contributed by atoms with Gasteiger partial charge in [-0.3, -0.25) is 0 Å². The van der Waals surface area contributed by atoms with Crippen LogP contribution in [0, 0.1) is 3.57 Å². The molecule has 0 aliphatic heterocycles. The van der Waals surface area contributed by atoms with Crippen LogP contribution in [0.2, 0.25) is 0 Å². The van der Waals surface area contributed by atoms with Crippen LogP contribution in [0.5, 0.6) is 5.75 Å². The maximum Gasteiger partial charge on any atom is 0.407 e. The molecule has 0 spiro atoms. The van der Waals surface area contributed by atoms with Crippen LogP contribution in [0.3, 0.4) is 0 Å². The molecule has 1 aromatic rings. The molecule has 0 saturated carbocycles. The van der Waals surface area contributed by atoms with Crippen LogP contribution in [0.4, 0.5) is 13.2 Å². The van der Waals surface area contributed by atoms with Gasteiger partial charge in [0.2, 0.25) is 0 Å². The number of hydrogen-bond acceptors (Lipinski definition) is 2. The van der Waals surface area contributed by atoms with Crippen molar-refractivity contribution in [3.8, 4) is 5.75 Å². The zero-order valence-corrected chi connectivity index (χ0v) is 9.96. The van der Waals surface area contributed by atoms with Gasteiger partial charge in [0.1, 0.15) is 11.8 Å². The number of hydrogen-bond donors (Lipinski definition) is 1. The van der Waals surface area contributed by atoms with E-state index >= 15 is 0 Å². The van der Waals surface area contributed by atoms with Gasteiger partial charge < -0.3 is 10.5 Å². The van der Waals surface area contributed by atoms with Gasteiger partial charge in [0.05, 0.1) is 10.7 Å². The molecule has 0 aliphatic carbocycles. The summed E-state index contributed by atoms with van der Waals surface area (Å²) >= 11 is 1.90. The third kappa shape index (κ3) is 2.97. The lowest BCUT2D eigenvalue weighted by atomic mass is 10.1. The van der Waals surface area contributed by atoms with Crippen molar-refractivity contribution in [1.82, 2.24) is 0 Å². The predicted octanol–water partition coefficient (Wildman–Crippen LogP) is 2.86. The molecule has 2 N–H and O–H groups in total. The van der Waals surface area contributed by atoms with Crippen LogP contribution >= 0.6 is 22.6 Å². The van der Waals surface area contributed by atoms with Crippen molar-refractivity contribution >= 4 is 22.6 Å². The van der Waals surface area contributed by atoms with E-state index < -0.39 is 12.2 Å². The summed E-state index contributed by atoms with van der Waals surface area (Å²) in [4.78, 5) is 0. The fourth-order valence-corrected chi connectivity index (χ4v) is 1.82. The molecule has 0 aromatic heterocycles. The van der Waals surface area contributed by atoms with Gasteiger partial charge in [-0.25, -0.2) is 0 Å². The van der Waals surface area contributed by atoms with Crippen molar-refractivity contribution in [1.29, 1.82) is 0 Å². The van der Waals surface area contributed by atoms with Gasteiger partial charge >= 0.3 is 6.18 Å². The van der Waals surface area contributed by atoms with E-state index in [0.717, 1.165) is 0 Å². The Morgan fingerprint density at radius 2 is 2.00 bits per heavy atom. The molecule has 0 saturated heterocycles. The van der Waals surface area contributed by atoms with Gasteiger partial charge in [-0.2, -0.15) is 13.2 Å². The quantitative estimate of drug-likeness (QED) is 0.846. The predicted molar refractivity (Wildman–Crippen MR) is 58.7 cm³/mol. The Balaban J connectivity index is 3.02. The summed E-state index contributed by atoms with van der Waals surface area (Å²) in [6, 6.07) is 2.22. The van der Waals surface area contributed by atoms with E-state index in [1.165, 1.54) is 25.3 Å². The van der Waals surface area contributed by atoms with Crippen LogP contribution in [-0.4, -0.2) is 13.3 Å². The van der Waals surface area contributed by atoms with Crippen LogP contribution in [0.25, 0.3) is 0 Å². The number of alkyl halides is 3. The van der Waals surface area contributed by atoms with Crippen LogP contribution in [0.1, 0.15) is 11.6 Å². The number of halogens is 4. The molecule has 0 radical (unpaired) electrons. The van der Waals surface area contributed by atoms with E-state index in [2.05, 4.69) is 0 Å². The molecule has 15 heavy (non-hydrogen) atoms. The zero-order chi connectivity index (χ0) is 11.6. The van der Waals surface area contributed by atoms with E-state index in [9.17, 15) is 13.2 Å². The average Bonchev–Trinajstić information content (AvgIpc) is 2.15. The molecular weight excluding hydrogens is 322 g/mol. The molecule has 0 aliphatic rings. The van der Waals surface area contributed by atoms with Crippen LogP contribution < -0.4 is 10.5 Å². The minimum Gasteiger partial charge on any atom is -0.496 e. The highest BCUT2D eigenvalue weighted by molar-refractivity contribution is 14.1. The van der Waals surface area contributed by atoms with Gasteiger partial charge in [0, 0.05) is 0 Å². The van der Waals surface area contributed by atoms with E-state index in [1.807, 2.05) is 22.6 Å². The largest absolute Gasteiger partial charge is 0.496 e. The molecule has 2 nitrogen and oxygen atoms in total. The van der Waals surface area contributed by atoms with Gasteiger partial charge in [-0.05, 0) is 40.3 Å². The second-order valence-corrected chi connectivity index (χ2v) is 4.08. The normalized spacial score (nSPS) is 13.7. The van der Waals surface area contributed by atoms with Crippen molar-refractivity contribution in [3.05, 3.63) is 27.3 Å². The average molecular weight is 331 g/mol. The third-order valence-corrected chi connectivity index (χ3v) is 2.73. The van der Waals surface area contributed by atoms with Gasteiger partial charge in [0.25, 0.3) is 0 Å². The summed E-state index contributed by atoms with van der Waals surface area (Å²) in [5, 5.41) is 0. The molecule has 1 atom stereocenters. The Hall–Kier alpha value is -0.500. The number of ether oxygens (including phenoxy) is 1. The number of benzene rings is 1. The summed E-state index contributed by atoms with van der Waals surface area (Å²) in [5.74, 6) is 0.536. The van der Waals surface area contributed by atoms with E-state index in [-0.39, 0.29) is 5.56 Å². The minimum absolute atomic E-state index is 0.0349. The number of nitrogens with two attached hydrogens (primary N) is 1. The van der Waals surface area contributed by atoms with Crippen molar-refractivity contribution in [2.45, 2.75) is 12.2 Å². The third-order valence-electron chi connectivity index (χ3n) is 1.89. The van der Waals surface area contributed by atoms with Crippen LogP contribution in [-0.2, 0) is 0 Å². The molecule has 0 bridgehead atoms. The van der Waals surface area contributed by atoms with Gasteiger partial charge in [-0.1, -0.05) is 6.07 Å². The highest BCUT2D eigenvalue weighted by Gasteiger charge is 2.37. The molecular formula is C9H9F3INO. The Kier molecular flexibility index (Phi) is 3.82. The smallest absolute Gasteiger partial charge is 0.407 e. The first-order valence-corrected chi connectivity index (χ1v) is 5.10. The van der Waals surface area contributed by atoms with Crippen molar-refractivity contribution in [2.75, 3.05) is 7.11 Å². The maximum absolute atomic E-state index is 12.3. The summed E-state index contributed by atoms with van der Waals surface area (Å²) in [7, 11) is 1.46. The fraction of sp³-hybridized carbons (Fsp3) is 0.333. The Labute approximate surface area is 98.7 Å². The van der Waals surface area contributed by atoms with Crippen LogP contribution in [0.15, 0.2) is 18.2 Å². The van der Waals surface area contributed by atoms with E-state index in [1.54, 1.807) is 0 Å². The summed E-state index contributed by atoms with van der Waals surface area (Å²) in [5.41, 5.74) is 5.10. The van der Waals surface area contributed by atoms with Crippen molar-refractivity contribution in [2.24, 2.45) is 5.73 Å². The second kappa shape index (κ2) is 4.56. The topological polar surface area (TPSA) is 35.2 Å².